The van der Waals surface area contributed by atoms with Crippen molar-refractivity contribution in [2.24, 2.45) is 5.92 Å². The summed E-state index contributed by atoms with van der Waals surface area (Å²) in [4.78, 5) is 2.13. The van der Waals surface area contributed by atoms with Gasteiger partial charge >= 0.3 is 0 Å². The molecule has 0 aliphatic carbocycles. The lowest BCUT2D eigenvalue weighted by Gasteiger charge is -2.34. The molecule has 0 amide bonds. The van der Waals surface area contributed by atoms with Crippen LogP contribution in [0.1, 0.15) is 19.4 Å². The van der Waals surface area contributed by atoms with Crippen molar-refractivity contribution in [3.63, 3.8) is 0 Å². The molecule has 2 aromatic rings. The van der Waals surface area contributed by atoms with Gasteiger partial charge in [0, 0.05) is 44.9 Å². The van der Waals surface area contributed by atoms with Gasteiger partial charge in [-0.05, 0) is 48.7 Å². The second-order valence-corrected chi connectivity index (χ2v) is 10.5. The molecule has 0 unspecified atom stereocenters. The van der Waals surface area contributed by atoms with Gasteiger partial charge in [-0.25, -0.2) is 12.8 Å². The summed E-state index contributed by atoms with van der Waals surface area (Å²) in [5.74, 6) is -0.547. The fourth-order valence-corrected chi connectivity index (χ4v) is 4.85. The Morgan fingerprint density at radius 1 is 1.09 bits per heavy atom. The first-order valence-electron chi connectivity index (χ1n) is 10.4. The Balaban J connectivity index is 2.12. The number of likely N-dealkylation sites (N-methyl/N-ethyl adjacent to an activating group) is 1. The summed E-state index contributed by atoms with van der Waals surface area (Å²) in [5, 5.41) is 10.4. The van der Waals surface area contributed by atoms with Crippen LogP contribution in [-0.2, 0) is 21.3 Å². The predicted octanol–water partition coefficient (Wildman–Crippen LogP) is 3.63. The van der Waals surface area contributed by atoms with Crippen molar-refractivity contribution in [2.45, 2.75) is 37.4 Å². The number of halogens is 2. The molecule has 2 aromatic carbocycles. The Morgan fingerprint density at radius 3 is 2.28 bits per heavy atom. The Kier molecular flexibility index (Phi) is 10.1. The highest BCUT2D eigenvalue weighted by Gasteiger charge is 2.28. The second-order valence-electron chi connectivity index (χ2n) is 8.04. The van der Waals surface area contributed by atoms with Crippen LogP contribution in [0.15, 0.2) is 53.4 Å². The molecule has 0 heterocycles. The van der Waals surface area contributed by atoms with E-state index in [-0.39, 0.29) is 30.0 Å². The first-order chi connectivity index (χ1) is 15.1. The van der Waals surface area contributed by atoms with Crippen LogP contribution in [-0.4, -0.2) is 68.7 Å². The molecular formula is C23H32ClFN2O4S. The molecule has 1 N–H and O–H groups in total. The van der Waals surface area contributed by atoms with E-state index in [9.17, 15) is 17.9 Å². The maximum Gasteiger partial charge on any atom is 0.242 e. The Labute approximate surface area is 195 Å². The van der Waals surface area contributed by atoms with Gasteiger partial charge in [-0.2, -0.15) is 4.31 Å². The standard InChI is InChI=1S/C23H32ClFN2O4S/c1-17(13-27(18(2)16-28)14-19-7-5-6-8-22(19)24)23(31-4)15-26(3)32(29,30)21-11-9-20(25)10-12-21/h5-12,17-18,23,28H,13-16H2,1-4H3/t17-,18-,23-/m0/s1. The minimum Gasteiger partial charge on any atom is -0.395 e. The summed E-state index contributed by atoms with van der Waals surface area (Å²) in [5.41, 5.74) is 0.951. The third kappa shape index (κ3) is 6.97. The summed E-state index contributed by atoms with van der Waals surface area (Å²) >= 11 is 6.32. The molecule has 0 bridgehead atoms. The minimum atomic E-state index is -3.78. The minimum absolute atomic E-state index is 0.0202. The number of aliphatic hydroxyl groups is 1. The SMILES string of the molecule is CO[C@@H](CN(C)S(=O)(=O)c1ccc(F)cc1)[C@@H](C)CN(Cc1ccccc1Cl)[C@@H](C)CO. The van der Waals surface area contributed by atoms with E-state index >= 15 is 0 Å². The van der Waals surface area contributed by atoms with Gasteiger partial charge in [-0.1, -0.05) is 36.7 Å². The summed E-state index contributed by atoms with van der Waals surface area (Å²) in [6.07, 6.45) is -0.394. The van der Waals surface area contributed by atoms with Crippen molar-refractivity contribution in [1.82, 2.24) is 9.21 Å². The fourth-order valence-electron chi connectivity index (χ4n) is 3.47. The Morgan fingerprint density at radius 2 is 1.72 bits per heavy atom. The number of ether oxygens (including phenoxy) is 1. The quantitative estimate of drug-likeness (QED) is 0.496. The molecule has 3 atom stereocenters. The number of sulfonamides is 1. The molecule has 178 valence electrons. The van der Waals surface area contributed by atoms with Crippen molar-refractivity contribution in [2.75, 3.05) is 33.9 Å². The Hall–Kier alpha value is -1.55. The average molecular weight is 487 g/mol. The van der Waals surface area contributed by atoms with Crippen LogP contribution >= 0.6 is 11.6 Å². The van der Waals surface area contributed by atoms with Gasteiger partial charge in [0.1, 0.15) is 5.82 Å². The number of hydrogen-bond acceptors (Lipinski definition) is 5. The molecule has 2 rings (SSSR count). The number of benzene rings is 2. The normalized spacial score (nSPS) is 15.2. The van der Waals surface area contributed by atoms with Crippen LogP contribution in [0.3, 0.4) is 0 Å². The van der Waals surface area contributed by atoms with Crippen LogP contribution in [0.5, 0.6) is 0 Å². The van der Waals surface area contributed by atoms with Crippen LogP contribution in [0.2, 0.25) is 5.02 Å². The molecule has 6 nitrogen and oxygen atoms in total. The van der Waals surface area contributed by atoms with E-state index in [2.05, 4.69) is 4.90 Å². The number of rotatable bonds is 12. The molecule has 0 radical (unpaired) electrons. The van der Waals surface area contributed by atoms with E-state index < -0.39 is 21.9 Å². The first kappa shape index (κ1) is 26.7. The zero-order valence-corrected chi connectivity index (χ0v) is 20.5. The van der Waals surface area contributed by atoms with Gasteiger partial charge < -0.3 is 9.84 Å². The van der Waals surface area contributed by atoms with Crippen molar-refractivity contribution < 1.29 is 22.7 Å². The molecule has 32 heavy (non-hydrogen) atoms. The largest absolute Gasteiger partial charge is 0.395 e. The molecule has 0 aliphatic rings. The lowest BCUT2D eigenvalue weighted by atomic mass is 10.0. The number of methoxy groups -OCH3 is 1. The van der Waals surface area contributed by atoms with Crippen LogP contribution in [0.4, 0.5) is 4.39 Å². The van der Waals surface area contributed by atoms with Crippen LogP contribution in [0, 0.1) is 11.7 Å². The molecule has 0 saturated carbocycles. The molecule has 9 heteroatoms. The topological polar surface area (TPSA) is 70.1 Å². The van der Waals surface area contributed by atoms with E-state index in [1.165, 1.54) is 23.5 Å². The van der Waals surface area contributed by atoms with E-state index in [4.69, 9.17) is 16.3 Å². The summed E-state index contributed by atoms with van der Waals surface area (Å²) in [7, 11) is -0.752. The fraction of sp³-hybridized carbons (Fsp3) is 0.478. The zero-order valence-electron chi connectivity index (χ0n) is 18.9. The summed E-state index contributed by atoms with van der Waals surface area (Å²) in [6.45, 7) is 5.13. The summed E-state index contributed by atoms with van der Waals surface area (Å²) in [6, 6.07) is 12.2. The lowest BCUT2D eigenvalue weighted by molar-refractivity contribution is 0.0194. The number of aliphatic hydroxyl groups excluding tert-OH is 1. The third-order valence-electron chi connectivity index (χ3n) is 5.64. The highest BCUT2D eigenvalue weighted by atomic mass is 35.5. The molecular weight excluding hydrogens is 455 g/mol. The van der Waals surface area contributed by atoms with E-state index in [1.807, 2.05) is 38.1 Å². The maximum atomic E-state index is 13.2. The maximum absolute atomic E-state index is 13.2. The van der Waals surface area contributed by atoms with Gasteiger partial charge in [0.15, 0.2) is 0 Å². The highest BCUT2D eigenvalue weighted by molar-refractivity contribution is 7.89. The molecule has 0 fully saturated rings. The lowest BCUT2D eigenvalue weighted by Crippen LogP contribution is -2.44. The molecule has 0 aromatic heterocycles. The van der Waals surface area contributed by atoms with Gasteiger partial charge in [0.25, 0.3) is 0 Å². The van der Waals surface area contributed by atoms with E-state index in [0.717, 1.165) is 17.7 Å². The monoisotopic (exact) mass is 486 g/mol. The highest BCUT2D eigenvalue weighted by Crippen LogP contribution is 2.22. The Bertz CT molecular complexity index is 959. The third-order valence-corrected chi connectivity index (χ3v) is 7.84. The smallest absolute Gasteiger partial charge is 0.242 e. The molecule has 0 saturated heterocycles. The summed E-state index contributed by atoms with van der Waals surface area (Å²) < 4.78 is 45.8. The first-order valence-corrected chi connectivity index (χ1v) is 12.2. The van der Waals surface area contributed by atoms with Crippen molar-refractivity contribution >= 4 is 21.6 Å². The van der Waals surface area contributed by atoms with E-state index in [1.54, 1.807) is 7.11 Å². The van der Waals surface area contributed by atoms with Crippen molar-refractivity contribution in [3.8, 4) is 0 Å². The predicted molar refractivity (Wildman–Crippen MR) is 125 cm³/mol. The molecule has 0 spiro atoms. The molecule has 0 aliphatic heterocycles. The van der Waals surface area contributed by atoms with Gasteiger partial charge in [-0.15, -0.1) is 0 Å². The second kappa shape index (κ2) is 12.1. The van der Waals surface area contributed by atoms with Gasteiger partial charge in [0.05, 0.1) is 17.6 Å². The van der Waals surface area contributed by atoms with E-state index in [0.29, 0.717) is 18.1 Å². The van der Waals surface area contributed by atoms with Crippen LogP contribution in [0.25, 0.3) is 0 Å². The zero-order chi connectivity index (χ0) is 23.9. The van der Waals surface area contributed by atoms with Crippen molar-refractivity contribution in [3.05, 3.63) is 64.9 Å². The van der Waals surface area contributed by atoms with Crippen molar-refractivity contribution in [1.29, 1.82) is 0 Å². The van der Waals surface area contributed by atoms with Crippen LogP contribution < -0.4 is 0 Å². The number of hydrogen-bond donors (Lipinski definition) is 1. The van der Waals surface area contributed by atoms with Gasteiger partial charge in [-0.3, -0.25) is 4.90 Å². The average Bonchev–Trinajstić information content (AvgIpc) is 2.77. The van der Waals surface area contributed by atoms with Gasteiger partial charge in [0.2, 0.25) is 10.0 Å². The number of nitrogens with zero attached hydrogens (tertiary/aromatic N) is 2.